The highest BCUT2D eigenvalue weighted by Gasteiger charge is 2.17. The Labute approximate surface area is 182 Å². The summed E-state index contributed by atoms with van der Waals surface area (Å²) in [5.41, 5.74) is 1.96. The van der Waals surface area contributed by atoms with E-state index < -0.39 is 6.10 Å². The molecule has 0 bridgehead atoms. The summed E-state index contributed by atoms with van der Waals surface area (Å²) in [5.74, 6) is 3.37. The van der Waals surface area contributed by atoms with Crippen LogP contribution in [0, 0.1) is 12.3 Å². The topological polar surface area (TPSA) is 66.0 Å². The van der Waals surface area contributed by atoms with Crippen LogP contribution in [0.5, 0.6) is 11.5 Å². The number of carbonyl (C=O) groups excluding carboxylic acids is 1. The van der Waals surface area contributed by atoms with E-state index in [1.807, 2.05) is 24.3 Å². The molecule has 30 heavy (non-hydrogen) atoms. The van der Waals surface area contributed by atoms with Gasteiger partial charge in [-0.1, -0.05) is 35.7 Å². The van der Waals surface area contributed by atoms with Crippen LogP contribution < -0.4 is 14.8 Å². The van der Waals surface area contributed by atoms with E-state index in [2.05, 4.69) is 11.2 Å². The molecule has 0 aromatic heterocycles. The molecule has 0 saturated heterocycles. The third-order valence-electron chi connectivity index (χ3n) is 4.28. The maximum absolute atomic E-state index is 12.3. The molecular formula is C23H26ClNO5. The first-order valence-corrected chi connectivity index (χ1v) is 9.81. The Hall–Kier alpha value is -2.72. The van der Waals surface area contributed by atoms with E-state index in [9.17, 15) is 4.79 Å². The first-order chi connectivity index (χ1) is 14.6. The number of benzene rings is 2. The van der Waals surface area contributed by atoms with Crippen molar-refractivity contribution in [1.82, 2.24) is 5.32 Å². The first-order valence-electron chi connectivity index (χ1n) is 9.43. The molecule has 1 amide bonds. The van der Waals surface area contributed by atoms with Gasteiger partial charge in [-0.25, -0.2) is 0 Å². The predicted octanol–water partition coefficient (Wildman–Crippen LogP) is 3.25. The second-order valence-electron chi connectivity index (χ2n) is 6.38. The minimum atomic E-state index is -0.689. The van der Waals surface area contributed by atoms with Crippen molar-refractivity contribution in [1.29, 1.82) is 0 Å². The van der Waals surface area contributed by atoms with Gasteiger partial charge in [0.25, 0.3) is 5.91 Å². The van der Waals surface area contributed by atoms with Crippen LogP contribution >= 0.6 is 11.6 Å². The van der Waals surface area contributed by atoms with Crippen LogP contribution in [0.1, 0.15) is 11.1 Å². The van der Waals surface area contributed by atoms with Crippen molar-refractivity contribution in [3.63, 3.8) is 0 Å². The van der Waals surface area contributed by atoms with Gasteiger partial charge in [-0.05, 0) is 41.8 Å². The molecule has 2 aromatic carbocycles. The van der Waals surface area contributed by atoms with Crippen molar-refractivity contribution in [3.05, 3.63) is 58.6 Å². The van der Waals surface area contributed by atoms with Crippen LogP contribution in [-0.2, 0) is 27.3 Å². The normalized spacial score (nSPS) is 11.4. The Morgan fingerprint density at radius 1 is 1.13 bits per heavy atom. The molecular weight excluding hydrogens is 406 g/mol. The van der Waals surface area contributed by atoms with Crippen LogP contribution in [-0.4, -0.2) is 46.0 Å². The molecule has 160 valence electrons. The van der Waals surface area contributed by atoms with Crippen molar-refractivity contribution >= 4 is 17.5 Å². The number of rotatable bonds is 12. The lowest BCUT2D eigenvalue weighted by molar-refractivity contribution is -0.135. The number of carbonyl (C=O) groups is 1. The molecule has 1 N–H and O–H groups in total. The zero-order chi connectivity index (χ0) is 21.8. The van der Waals surface area contributed by atoms with Crippen LogP contribution in [0.3, 0.4) is 0 Å². The second kappa shape index (κ2) is 12.8. The quantitative estimate of drug-likeness (QED) is 0.522. The summed E-state index contributed by atoms with van der Waals surface area (Å²) in [6.07, 6.45) is 5.15. The highest BCUT2D eigenvalue weighted by molar-refractivity contribution is 6.30. The zero-order valence-electron chi connectivity index (χ0n) is 17.2. The molecule has 0 saturated carbocycles. The van der Waals surface area contributed by atoms with Crippen LogP contribution in [0.2, 0.25) is 5.02 Å². The van der Waals surface area contributed by atoms with Gasteiger partial charge in [0.05, 0.1) is 20.3 Å². The molecule has 0 aliphatic rings. The molecule has 6 nitrogen and oxygen atoms in total. The summed E-state index contributed by atoms with van der Waals surface area (Å²) in [6, 6.07) is 12.9. The summed E-state index contributed by atoms with van der Waals surface area (Å²) in [4.78, 5) is 12.3. The number of terminal acetylenes is 1. The van der Waals surface area contributed by atoms with Crippen LogP contribution in [0.15, 0.2) is 42.5 Å². The number of amides is 1. The highest BCUT2D eigenvalue weighted by atomic mass is 35.5. The van der Waals surface area contributed by atoms with Gasteiger partial charge in [0.2, 0.25) is 0 Å². The Kier molecular flexibility index (Phi) is 10.0. The predicted molar refractivity (Wildman–Crippen MR) is 116 cm³/mol. The van der Waals surface area contributed by atoms with E-state index in [1.54, 1.807) is 25.3 Å². The lowest BCUT2D eigenvalue weighted by Crippen LogP contribution is -2.39. The minimum Gasteiger partial charge on any atom is -0.493 e. The average molecular weight is 432 g/mol. The number of halogens is 1. The molecule has 0 aliphatic heterocycles. The fraction of sp³-hybridized carbons (Fsp3) is 0.348. The monoisotopic (exact) mass is 431 g/mol. The Morgan fingerprint density at radius 2 is 1.87 bits per heavy atom. The SMILES string of the molecule is C#CCOc1ccc(CCNC(=O)C(COCc2ccc(Cl)cc2)OC)cc1OC. The standard InChI is InChI=1S/C23H26ClNO5/c1-4-13-30-20-10-7-17(14-21(20)27-2)11-12-25-23(26)22(28-3)16-29-15-18-5-8-19(24)9-6-18/h1,5-10,14,22H,11-13,15-16H2,2-3H3,(H,25,26). The second-order valence-corrected chi connectivity index (χ2v) is 6.82. The summed E-state index contributed by atoms with van der Waals surface area (Å²) >= 11 is 5.86. The molecule has 2 aromatic rings. The van der Waals surface area contributed by atoms with Crippen LogP contribution in [0.25, 0.3) is 0 Å². The third kappa shape index (κ3) is 7.60. The minimum absolute atomic E-state index is 0.153. The molecule has 1 atom stereocenters. The molecule has 2 rings (SSSR count). The van der Waals surface area contributed by atoms with Gasteiger partial charge < -0.3 is 24.3 Å². The Morgan fingerprint density at radius 3 is 2.53 bits per heavy atom. The lowest BCUT2D eigenvalue weighted by atomic mass is 10.1. The number of hydrogen-bond acceptors (Lipinski definition) is 5. The molecule has 1 unspecified atom stereocenters. The third-order valence-corrected chi connectivity index (χ3v) is 4.53. The van der Waals surface area contributed by atoms with E-state index in [0.29, 0.717) is 36.1 Å². The average Bonchev–Trinajstić information content (AvgIpc) is 2.76. The largest absolute Gasteiger partial charge is 0.493 e. The molecule has 0 radical (unpaired) electrons. The summed E-state index contributed by atoms with van der Waals surface area (Å²) in [5, 5.41) is 3.53. The maximum Gasteiger partial charge on any atom is 0.251 e. The Balaban J connectivity index is 1.77. The number of ether oxygens (including phenoxy) is 4. The summed E-state index contributed by atoms with van der Waals surface area (Å²) in [7, 11) is 3.05. The fourth-order valence-electron chi connectivity index (χ4n) is 2.67. The number of hydrogen-bond donors (Lipinski definition) is 1. The summed E-state index contributed by atoms with van der Waals surface area (Å²) < 4.78 is 21.6. The van der Waals surface area contributed by atoms with Crippen molar-refractivity contribution in [2.75, 3.05) is 34.0 Å². The van der Waals surface area contributed by atoms with Gasteiger partial charge in [0.1, 0.15) is 6.61 Å². The zero-order valence-corrected chi connectivity index (χ0v) is 17.9. The first kappa shape index (κ1) is 23.6. The van der Waals surface area contributed by atoms with Gasteiger partial charge in [0, 0.05) is 18.7 Å². The molecule has 0 spiro atoms. The van der Waals surface area contributed by atoms with E-state index in [4.69, 9.17) is 37.0 Å². The van der Waals surface area contributed by atoms with Crippen molar-refractivity contribution in [2.24, 2.45) is 0 Å². The van der Waals surface area contributed by atoms with E-state index in [1.165, 1.54) is 7.11 Å². The summed E-state index contributed by atoms with van der Waals surface area (Å²) in [6.45, 7) is 1.14. The van der Waals surface area contributed by atoms with Gasteiger partial charge in [-0.2, -0.15) is 0 Å². The van der Waals surface area contributed by atoms with Crippen molar-refractivity contribution in [2.45, 2.75) is 19.1 Å². The van der Waals surface area contributed by atoms with Gasteiger partial charge in [-0.3, -0.25) is 4.79 Å². The van der Waals surface area contributed by atoms with E-state index >= 15 is 0 Å². The smallest absolute Gasteiger partial charge is 0.251 e. The molecule has 7 heteroatoms. The van der Waals surface area contributed by atoms with E-state index in [-0.39, 0.29) is 19.1 Å². The van der Waals surface area contributed by atoms with Gasteiger partial charge >= 0.3 is 0 Å². The lowest BCUT2D eigenvalue weighted by Gasteiger charge is -2.16. The molecule has 0 aliphatic carbocycles. The number of methoxy groups -OCH3 is 2. The number of nitrogens with one attached hydrogen (secondary N) is 1. The Bertz CT molecular complexity index is 848. The fourth-order valence-corrected chi connectivity index (χ4v) is 2.79. The van der Waals surface area contributed by atoms with E-state index in [0.717, 1.165) is 11.1 Å². The van der Waals surface area contributed by atoms with Crippen molar-refractivity contribution in [3.8, 4) is 23.8 Å². The highest BCUT2D eigenvalue weighted by Crippen LogP contribution is 2.28. The molecule has 0 heterocycles. The van der Waals surface area contributed by atoms with Gasteiger partial charge in [0.15, 0.2) is 17.6 Å². The molecule has 0 fully saturated rings. The van der Waals surface area contributed by atoms with Gasteiger partial charge in [-0.15, -0.1) is 6.42 Å². The maximum atomic E-state index is 12.3. The van der Waals surface area contributed by atoms with Crippen LogP contribution in [0.4, 0.5) is 0 Å². The van der Waals surface area contributed by atoms with Crippen molar-refractivity contribution < 1.29 is 23.7 Å².